The highest BCUT2D eigenvalue weighted by molar-refractivity contribution is 4.86. The van der Waals surface area contributed by atoms with E-state index in [2.05, 4.69) is 0 Å². The Kier molecular flexibility index (Phi) is 1.87. The third kappa shape index (κ3) is 1.41. The Hall–Kier alpha value is -0.120. The molecule has 2 fully saturated rings. The van der Waals surface area contributed by atoms with Gasteiger partial charge in [-0.05, 0) is 19.3 Å². The topological polar surface area (TPSA) is 49.7 Å². The molecule has 0 amide bonds. The molecule has 2 aliphatic heterocycles. The van der Waals surface area contributed by atoms with E-state index < -0.39 is 0 Å². The molecule has 2 heterocycles. The molecule has 2 N–H and O–H groups in total. The summed E-state index contributed by atoms with van der Waals surface area (Å²) in [5.74, 6) is 0. The standard InChI is InChI=1S/C8H14O3/c9-5-3-6-1-2-7(10)8(4-5)11-6/h5-10H,1-4H2. The van der Waals surface area contributed by atoms with E-state index >= 15 is 0 Å². The number of ether oxygens (including phenoxy) is 1. The minimum Gasteiger partial charge on any atom is -0.393 e. The van der Waals surface area contributed by atoms with Crippen LogP contribution in [0.1, 0.15) is 25.7 Å². The van der Waals surface area contributed by atoms with Crippen LogP contribution in [0.15, 0.2) is 0 Å². The van der Waals surface area contributed by atoms with E-state index in [4.69, 9.17) is 4.74 Å². The molecule has 4 unspecified atom stereocenters. The molecule has 2 rings (SSSR count). The summed E-state index contributed by atoms with van der Waals surface area (Å²) in [5, 5.41) is 18.7. The summed E-state index contributed by atoms with van der Waals surface area (Å²) >= 11 is 0. The predicted molar refractivity (Wildman–Crippen MR) is 39.1 cm³/mol. The second-order valence-electron chi connectivity index (χ2n) is 3.57. The molecule has 2 aliphatic rings. The molecule has 0 aromatic heterocycles. The first-order valence-corrected chi connectivity index (χ1v) is 4.27. The van der Waals surface area contributed by atoms with E-state index in [-0.39, 0.29) is 24.4 Å². The van der Waals surface area contributed by atoms with Gasteiger partial charge in [-0.1, -0.05) is 0 Å². The fourth-order valence-corrected chi connectivity index (χ4v) is 2.00. The van der Waals surface area contributed by atoms with Crippen molar-refractivity contribution < 1.29 is 14.9 Å². The third-order valence-corrected chi connectivity index (χ3v) is 2.62. The molecule has 0 aliphatic carbocycles. The van der Waals surface area contributed by atoms with Crippen molar-refractivity contribution in [2.45, 2.75) is 50.1 Å². The largest absolute Gasteiger partial charge is 0.393 e. The van der Waals surface area contributed by atoms with Crippen LogP contribution < -0.4 is 0 Å². The Balaban J connectivity index is 2.02. The Morgan fingerprint density at radius 2 is 1.91 bits per heavy atom. The number of hydrogen-bond acceptors (Lipinski definition) is 3. The van der Waals surface area contributed by atoms with Crippen molar-refractivity contribution in [2.24, 2.45) is 0 Å². The minimum absolute atomic E-state index is 0.0995. The lowest BCUT2D eigenvalue weighted by Gasteiger charge is -2.40. The molecule has 2 saturated heterocycles. The molecule has 11 heavy (non-hydrogen) atoms. The van der Waals surface area contributed by atoms with E-state index in [1.165, 1.54) is 0 Å². The van der Waals surface area contributed by atoms with Crippen LogP contribution in [-0.4, -0.2) is 34.6 Å². The molecule has 0 aromatic rings. The predicted octanol–water partition coefficient (Wildman–Crippen LogP) is 0.0496. The van der Waals surface area contributed by atoms with Gasteiger partial charge in [-0.25, -0.2) is 0 Å². The molecule has 64 valence electrons. The summed E-state index contributed by atoms with van der Waals surface area (Å²) in [7, 11) is 0. The third-order valence-electron chi connectivity index (χ3n) is 2.62. The van der Waals surface area contributed by atoms with Crippen molar-refractivity contribution in [2.75, 3.05) is 0 Å². The maximum Gasteiger partial charge on any atom is 0.0862 e. The van der Waals surface area contributed by atoms with Gasteiger partial charge in [0.05, 0.1) is 24.4 Å². The SMILES string of the molecule is OC1CC2CCC(O)C(C1)O2. The molecule has 3 nitrogen and oxygen atoms in total. The molecular weight excluding hydrogens is 144 g/mol. The number of hydrogen-bond donors (Lipinski definition) is 2. The van der Waals surface area contributed by atoms with Crippen LogP contribution >= 0.6 is 0 Å². The second kappa shape index (κ2) is 2.73. The normalized spacial score (nSPS) is 50.7. The monoisotopic (exact) mass is 158 g/mol. The summed E-state index contributed by atoms with van der Waals surface area (Å²) in [4.78, 5) is 0. The molecule has 4 atom stereocenters. The fraction of sp³-hybridized carbons (Fsp3) is 1.00. The summed E-state index contributed by atoms with van der Waals surface area (Å²) in [5.41, 5.74) is 0. The summed E-state index contributed by atoms with van der Waals surface area (Å²) in [6.07, 6.45) is 2.59. The van der Waals surface area contributed by atoms with Gasteiger partial charge < -0.3 is 14.9 Å². The lowest BCUT2D eigenvalue weighted by Crippen LogP contribution is -2.46. The van der Waals surface area contributed by atoms with Crippen LogP contribution in [0.25, 0.3) is 0 Å². The van der Waals surface area contributed by atoms with Crippen LogP contribution in [-0.2, 0) is 4.74 Å². The Labute approximate surface area is 66.0 Å². The van der Waals surface area contributed by atoms with Gasteiger partial charge in [0, 0.05) is 6.42 Å². The average molecular weight is 158 g/mol. The van der Waals surface area contributed by atoms with Crippen molar-refractivity contribution in [3.8, 4) is 0 Å². The van der Waals surface area contributed by atoms with Gasteiger partial charge in [0.15, 0.2) is 0 Å². The smallest absolute Gasteiger partial charge is 0.0862 e. The summed E-state index contributed by atoms with van der Waals surface area (Å²) < 4.78 is 5.49. The summed E-state index contributed by atoms with van der Waals surface area (Å²) in [6, 6.07) is 0. The number of aliphatic hydroxyl groups excluding tert-OH is 2. The zero-order valence-electron chi connectivity index (χ0n) is 6.44. The second-order valence-corrected chi connectivity index (χ2v) is 3.57. The van der Waals surface area contributed by atoms with Gasteiger partial charge in [-0.15, -0.1) is 0 Å². The van der Waals surface area contributed by atoms with Gasteiger partial charge >= 0.3 is 0 Å². The van der Waals surface area contributed by atoms with Gasteiger partial charge in [0.1, 0.15) is 0 Å². The highest BCUT2D eigenvalue weighted by Gasteiger charge is 2.36. The zero-order chi connectivity index (χ0) is 7.84. The van der Waals surface area contributed by atoms with Crippen LogP contribution in [0, 0.1) is 0 Å². The molecule has 0 saturated carbocycles. The molecule has 0 radical (unpaired) electrons. The lowest BCUT2D eigenvalue weighted by atomic mass is 9.88. The number of rotatable bonds is 0. The molecule has 0 aromatic carbocycles. The van der Waals surface area contributed by atoms with Gasteiger partial charge in [0.2, 0.25) is 0 Å². The van der Waals surface area contributed by atoms with Crippen molar-refractivity contribution in [3.05, 3.63) is 0 Å². The van der Waals surface area contributed by atoms with Crippen molar-refractivity contribution in [1.82, 2.24) is 0 Å². The average Bonchev–Trinajstić information content (AvgIpc) is 1.97. The number of aliphatic hydroxyl groups is 2. The van der Waals surface area contributed by atoms with Gasteiger partial charge in [-0.3, -0.25) is 0 Å². The van der Waals surface area contributed by atoms with Crippen molar-refractivity contribution >= 4 is 0 Å². The maximum absolute atomic E-state index is 9.40. The van der Waals surface area contributed by atoms with Crippen LogP contribution in [0.3, 0.4) is 0 Å². The molecule has 2 bridgehead atoms. The Morgan fingerprint density at radius 3 is 2.73 bits per heavy atom. The first kappa shape index (κ1) is 7.53. The van der Waals surface area contributed by atoms with Gasteiger partial charge in [-0.2, -0.15) is 0 Å². The van der Waals surface area contributed by atoms with Crippen molar-refractivity contribution in [1.29, 1.82) is 0 Å². The fourth-order valence-electron chi connectivity index (χ4n) is 2.00. The quantitative estimate of drug-likeness (QED) is 0.523. The van der Waals surface area contributed by atoms with Crippen LogP contribution in [0.4, 0.5) is 0 Å². The minimum atomic E-state index is -0.346. The van der Waals surface area contributed by atoms with Gasteiger partial charge in [0.25, 0.3) is 0 Å². The number of fused-ring (bicyclic) bond motifs is 2. The molecule has 3 heteroatoms. The maximum atomic E-state index is 9.40. The summed E-state index contributed by atoms with van der Waals surface area (Å²) in [6.45, 7) is 0. The Morgan fingerprint density at radius 1 is 1.09 bits per heavy atom. The zero-order valence-corrected chi connectivity index (χ0v) is 6.44. The van der Waals surface area contributed by atoms with E-state index in [0.29, 0.717) is 6.42 Å². The first-order valence-electron chi connectivity index (χ1n) is 4.27. The molecule has 0 spiro atoms. The molecular formula is C8H14O3. The van der Waals surface area contributed by atoms with Crippen LogP contribution in [0.5, 0.6) is 0 Å². The van der Waals surface area contributed by atoms with E-state index in [9.17, 15) is 10.2 Å². The van der Waals surface area contributed by atoms with Crippen LogP contribution in [0.2, 0.25) is 0 Å². The van der Waals surface area contributed by atoms with E-state index in [0.717, 1.165) is 19.3 Å². The van der Waals surface area contributed by atoms with E-state index in [1.807, 2.05) is 0 Å². The Bertz CT molecular complexity index is 146. The first-order chi connectivity index (χ1) is 5.25. The lowest BCUT2D eigenvalue weighted by molar-refractivity contribution is -0.168. The van der Waals surface area contributed by atoms with Crippen molar-refractivity contribution in [3.63, 3.8) is 0 Å². The van der Waals surface area contributed by atoms with E-state index in [1.54, 1.807) is 0 Å². The highest BCUT2D eigenvalue weighted by atomic mass is 16.5. The highest BCUT2D eigenvalue weighted by Crippen LogP contribution is 2.30.